The van der Waals surface area contributed by atoms with Gasteiger partial charge in [0.15, 0.2) is 0 Å². The molecular weight excluding hydrogens is 273 g/mol. The molecule has 1 aromatic rings. The van der Waals surface area contributed by atoms with Crippen LogP contribution >= 0.6 is 0 Å². The van der Waals surface area contributed by atoms with Crippen molar-refractivity contribution in [3.63, 3.8) is 0 Å². The Hall–Kier alpha value is -1.92. The van der Waals surface area contributed by atoms with E-state index < -0.39 is 18.6 Å². The van der Waals surface area contributed by atoms with Crippen molar-refractivity contribution in [3.8, 4) is 0 Å². The third kappa shape index (κ3) is 4.99. The first-order valence-electron chi connectivity index (χ1n) is 6.21. The summed E-state index contributed by atoms with van der Waals surface area (Å²) in [7, 11) is 0. The second-order valence-electron chi connectivity index (χ2n) is 4.14. The summed E-state index contributed by atoms with van der Waals surface area (Å²) in [6.07, 6.45) is -5.17. The van der Waals surface area contributed by atoms with Gasteiger partial charge in [-0.3, -0.25) is 0 Å². The zero-order valence-electron chi connectivity index (χ0n) is 11.1. The number of anilines is 2. The van der Waals surface area contributed by atoms with E-state index in [-0.39, 0.29) is 25.1 Å². The average molecular weight is 290 g/mol. The van der Waals surface area contributed by atoms with Crippen molar-refractivity contribution in [1.82, 2.24) is 0 Å². The van der Waals surface area contributed by atoms with Crippen molar-refractivity contribution >= 4 is 17.3 Å². The molecule has 0 heterocycles. The topological polar surface area (TPSA) is 64.3 Å². The van der Waals surface area contributed by atoms with Crippen LogP contribution in [0.4, 0.5) is 24.5 Å². The standard InChI is InChI=1S/C13H17F3N2O2/c1-2-20-12(19)9-5-3-6-10(17)11(9)18-8-4-7-13(14,15)16/h3,5-6,18H,2,4,7-8,17H2,1H3. The van der Waals surface area contributed by atoms with Crippen molar-refractivity contribution < 1.29 is 22.7 Å². The Kier molecular flexibility index (Phi) is 5.66. The molecule has 0 aromatic heterocycles. The van der Waals surface area contributed by atoms with E-state index in [0.29, 0.717) is 11.4 Å². The summed E-state index contributed by atoms with van der Waals surface area (Å²) in [6.45, 7) is 1.95. The Labute approximate surface area is 115 Å². The van der Waals surface area contributed by atoms with E-state index in [9.17, 15) is 18.0 Å². The van der Waals surface area contributed by atoms with Gasteiger partial charge in [0.2, 0.25) is 0 Å². The average Bonchev–Trinajstić information content (AvgIpc) is 2.35. The third-order valence-electron chi connectivity index (χ3n) is 2.53. The van der Waals surface area contributed by atoms with Crippen molar-refractivity contribution in [2.45, 2.75) is 25.9 Å². The molecule has 0 aliphatic heterocycles. The number of nitrogens with two attached hydrogens (primary N) is 1. The predicted molar refractivity (Wildman–Crippen MR) is 70.6 cm³/mol. The first-order valence-corrected chi connectivity index (χ1v) is 6.21. The molecule has 0 radical (unpaired) electrons. The molecule has 7 heteroatoms. The number of hydrogen-bond acceptors (Lipinski definition) is 4. The number of para-hydroxylation sites is 1. The lowest BCUT2D eigenvalue weighted by Gasteiger charge is -2.14. The number of benzene rings is 1. The summed E-state index contributed by atoms with van der Waals surface area (Å²) in [6, 6.07) is 4.66. The maximum Gasteiger partial charge on any atom is 0.389 e. The van der Waals surface area contributed by atoms with E-state index in [1.54, 1.807) is 19.1 Å². The van der Waals surface area contributed by atoms with Crippen LogP contribution in [0.3, 0.4) is 0 Å². The van der Waals surface area contributed by atoms with Crippen molar-refractivity contribution in [2.75, 3.05) is 24.2 Å². The number of alkyl halides is 3. The van der Waals surface area contributed by atoms with E-state index in [2.05, 4.69) is 5.32 Å². The fourth-order valence-corrected chi connectivity index (χ4v) is 1.65. The molecule has 0 amide bonds. The summed E-state index contributed by atoms with van der Waals surface area (Å²) in [5, 5.41) is 2.77. The van der Waals surface area contributed by atoms with Crippen LogP contribution in [-0.2, 0) is 4.74 Å². The molecule has 112 valence electrons. The SMILES string of the molecule is CCOC(=O)c1cccc(N)c1NCCCC(F)(F)F. The second kappa shape index (κ2) is 7.02. The van der Waals surface area contributed by atoms with Crippen molar-refractivity contribution in [2.24, 2.45) is 0 Å². The second-order valence-corrected chi connectivity index (χ2v) is 4.14. The molecule has 0 spiro atoms. The lowest BCUT2D eigenvalue weighted by molar-refractivity contribution is -0.134. The third-order valence-corrected chi connectivity index (χ3v) is 2.53. The Morgan fingerprint density at radius 1 is 1.40 bits per heavy atom. The number of rotatable bonds is 6. The van der Waals surface area contributed by atoms with Crippen LogP contribution in [0.15, 0.2) is 18.2 Å². The van der Waals surface area contributed by atoms with Gasteiger partial charge in [-0.25, -0.2) is 4.79 Å². The molecule has 4 nitrogen and oxygen atoms in total. The van der Waals surface area contributed by atoms with Gasteiger partial charge in [-0.05, 0) is 25.5 Å². The fraction of sp³-hybridized carbons (Fsp3) is 0.462. The molecule has 1 rings (SSSR count). The van der Waals surface area contributed by atoms with Gasteiger partial charge in [0.05, 0.1) is 23.5 Å². The molecular formula is C13H17F3N2O2. The van der Waals surface area contributed by atoms with Crippen LogP contribution in [0.2, 0.25) is 0 Å². The number of nitrogen functional groups attached to an aromatic ring is 1. The van der Waals surface area contributed by atoms with Crippen molar-refractivity contribution in [1.29, 1.82) is 0 Å². The Bertz CT molecular complexity index is 461. The minimum absolute atomic E-state index is 0.0696. The molecule has 0 fully saturated rings. The minimum Gasteiger partial charge on any atom is -0.462 e. The number of hydrogen-bond donors (Lipinski definition) is 2. The molecule has 1 aromatic carbocycles. The smallest absolute Gasteiger partial charge is 0.389 e. The van der Waals surface area contributed by atoms with Gasteiger partial charge in [-0.15, -0.1) is 0 Å². The Morgan fingerprint density at radius 3 is 2.70 bits per heavy atom. The normalized spacial score (nSPS) is 11.2. The van der Waals surface area contributed by atoms with Crippen molar-refractivity contribution in [3.05, 3.63) is 23.8 Å². The highest BCUT2D eigenvalue weighted by molar-refractivity contribution is 5.98. The minimum atomic E-state index is -4.19. The maximum absolute atomic E-state index is 12.0. The number of ether oxygens (including phenoxy) is 1. The van der Waals surface area contributed by atoms with Gasteiger partial charge < -0.3 is 15.8 Å². The Balaban J connectivity index is 2.71. The quantitative estimate of drug-likeness (QED) is 0.480. The highest BCUT2D eigenvalue weighted by Gasteiger charge is 2.26. The molecule has 20 heavy (non-hydrogen) atoms. The molecule has 0 aliphatic rings. The molecule has 0 aliphatic carbocycles. The number of carbonyl (C=O) groups excluding carboxylic acids is 1. The zero-order chi connectivity index (χ0) is 15.2. The number of carbonyl (C=O) groups is 1. The largest absolute Gasteiger partial charge is 0.462 e. The molecule has 0 atom stereocenters. The van der Waals surface area contributed by atoms with Crippen LogP contribution in [0, 0.1) is 0 Å². The summed E-state index contributed by atoms with van der Waals surface area (Å²) in [4.78, 5) is 11.7. The molecule has 0 saturated heterocycles. The summed E-state index contributed by atoms with van der Waals surface area (Å²) in [5.74, 6) is -0.557. The van der Waals surface area contributed by atoms with Gasteiger partial charge in [0.25, 0.3) is 0 Å². The van der Waals surface area contributed by atoms with Gasteiger partial charge >= 0.3 is 12.1 Å². The van der Waals surface area contributed by atoms with Gasteiger partial charge in [-0.2, -0.15) is 13.2 Å². The highest BCUT2D eigenvalue weighted by Crippen LogP contribution is 2.25. The van der Waals surface area contributed by atoms with Crippen LogP contribution in [-0.4, -0.2) is 25.3 Å². The van der Waals surface area contributed by atoms with E-state index in [0.717, 1.165) is 0 Å². The van der Waals surface area contributed by atoms with Gasteiger partial charge in [0.1, 0.15) is 0 Å². The monoisotopic (exact) mass is 290 g/mol. The van der Waals surface area contributed by atoms with E-state index in [4.69, 9.17) is 10.5 Å². The molecule has 0 unspecified atom stereocenters. The van der Waals surface area contributed by atoms with Crippen LogP contribution in [0.25, 0.3) is 0 Å². The Morgan fingerprint density at radius 2 is 2.10 bits per heavy atom. The van der Waals surface area contributed by atoms with E-state index >= 15 is 0 Å². The zero-order valence-corrected chi connectivity index (χ0v) is 11.1. The molecule has 0 bridgehead atoms. The van der Waals surface area contributed by atoms with Crippen LogP contribution in [0.1, 0.15) is 30.1 Å². The summed E-state index contributed by atoms with van der Waals surface area (Å²) < 4.78 is 41.0. The summed E-state index contributed by atoms with van der Waals surface area (Å²) in [5.41, 5.74) is 6.56. The van der Waals surface area contributed by atoms with E-state index in [1.807, 2.05) is 0 Å². The summed E-state index contributed by atoms with van der Waals surface area (Å²) >= 11 is 0. The molecule has 0 saturated carbocycles. The lowest BCUT2D eigenvalue weighted by atomic mass is 10.1. The van der Waals surface area contributed by atoms with Gasteiger partial charge in [0, 0.05) is 13.0 Å². The first-order chi connectivity index (χ1) is 9.35. The first kappa shape index (κ1) is 16.1. The maximum atomic E-state index is 12.0. The number of esters is 1. The number of halogens is 3. The number of nitrogens with one attached hydrogen (secondary N) is 1. The highest BCUT2D eigenvalue weighted by atomic mass is 19.4. The van der Waals surface area contributed by atoms with Gasteiger partial charge in [-0.1, -0.05) is 6.07 Å². The fourth-order valence-electron chi connectivity index (χ4n) is 1.65. The van der Waals surface area contributed by atoms with E-state index in [1.165, 1.54) is 6.07 Å². The molecule has 3 N–H and O–H groups in total. The lowest BCUT2D eigenvalue weighted by Crippen LogP contribution is -2.14. The predicted octanol–water partition coefficient (Wildman–Crippen LogP) is 3.20. The van der Waals surface area contributed by atoms with Crippen LogP contribution < -0.4 is 11.1 Å². The van der Waals surface area contributed by atoms with Crippen LogP contribution in [0.5, 0.6) is 0 Å².